The van der Waals surface area contributed by atoms with Crippen LogP contribution >= 0.6 is 11.3 Å². The molecule has 0 aliphatic carbocycles. The molecule has 3 N–H and O–H groups in total. The molecule has 1 aromatic carbocycles. The molecule has 48 heavy (non-hydrogen) atoms. The highest BCUT2D eigenvalue weighted by atomic mass is 32.1. The minimum absolute atomic E-state index is 0.0718. The molecule has 6 rings (SSSR count). The molecule has 4 amide bonds. The maximum atomic E-state index is 14.7. The van der Waals surface area contributed by atoms with Crippen molar-refractivity contribution in [1.29, 1.82) is 0 Å². The molecule has 0 radical (unpaired) electrons. The standard InChI is InChI=1S/C32H31F4N7O4S/c1-31(2,47)21-12-23-24(13-22(21)39-28(45)18-3-4-25(37-14-18)32(34,35)36)48-29(40-23)17-5-8-42(9-6-17)16-19-11-20(15-38-27(19)33)43-10-7-26(44)41-30(43)46/h3-4,11-15,17,47H,5-10,16H2,1-2H3,(H,39,45)(H,41,44,46). The number of hydrogen-bond donors (Lipinski definition) is 3. The number of carbonyl (C=O) groups excluding carboxylic acids is 3. The number of alkyl halides is 3. The van der Waals surface area contributed by atoms with Gasteiger partial charge in [-0.15, -0.1) is 11.3 Å². The first-order valence-corrected chi connectivity index (χ1v) is 16.0. The quantitative estimate of drug-likeness (QED) is 0.170. The lowest BCUT2D eigenvalue weighted by Gasteiger charge is -2.31. The molecule has 0 unspecified atom stereocenters. The molecule has 4 aromatic rings. The summed E-state index contributed by atoms with van der Waals surface area (Å²) in [6, 6.07) is 6.20. The van der Waals surface area contributed by atoms with Gasteiger partial charge in [0.15, 0.2) is 0 Å². The summed E-state index contributed by atoms with van der Waals surface area (Å²) in [4.78, 5) is 52.2. The van der Waals surface area contributed by atoms with Crippen molar-refractivity contribution in [3.63, 3.8) is 0 Å². The van der Waals surface area contributed by atoms with Crippen molar-refractivity contribution in [2.45, 2.75) is 57.3 Å². The van der Waals surface area contributed by atoms with Crippen molar-refractivity contribution < 1.29 is 37.1 Å². The number of anilines is 2. The van der Waals surface area contributed by atoms with Crippen LogP contribution in [0.3, 0.4) is 0 Å². The zero-order chi connectivity index (χ0) is 34.4. The minimum atomic E-state index is -4.63. The first-order chi connectivity index (χ1) is 22.7. The summed E-state index contributed by atoms with van der Waals surface area (Å²) in [5.41, 5.74) is -0.468. The van der Waals surface area contributed by atoms with E-state index in [1.54, 1.807) is 32.0 Å². The van der Waals surface area contributed by atoms with Crippen LogP contribution in [-0.4, -0.2) is 62.4 Å². The van der Waals surface area contributed by atoms with Crippen LogP contribution in [0.4, 0.5) is 33.7 Å². The molecule has 2 aliphatic heterocycles. The fourth-order valence-electron chi connectivity index (χ4n) is 5.80. The van der Waals surface area contributed by atoms with E-state index >= 15 is 0 Å². The number of amides is 4. The van der Waals surface area contributed by atoms with Crippen LogP contribution in [0.2, 0.25) is 0 Å². The van der Waals surface area contributed by atoms with E-state index in [-0.39, 0.29) is 30.4 Å². The summed E-state index contributed by atoms with van der Waals surface area (Å²) in [7, 11) is 0. The Morgan fingerprint density at radius 3 is 2.48 bits per heavy atom. The van der Waals surface area contributed by atoms with Gasteiger partial charge in [-0.25, -0.2) is 14.8 Å². The molecule has 0 atom stereocenters. The summed E-state index contributed by atoms with van der Waals surface area (Å²) < 4.78 is 54.2. The lowest BCUT2D eigenvalue weighted by molar-refractivity contribution is -0.141. The Morgan fingerprint density at radius 2 is 1.83 bits per heavy atom. The third-order valence-electron chi connectivity index (χ3n) is 8.36. The molecule has 16 heteroatoms. The maximum Gasteiger partial charge on any atom is 0.433 e. The second kappa shape index (κ2) is 12.8. The number of aliphatic hydroxyl groups is 1. The number of piperidine rings is 1. The Bertz CT molecular complexity index is 1880. The lowest BCUT2D eigenvalue weighted by Crippen LogP contribution is -2.49. The predicted molar refractivity (Wildman–Crippen MR) is 169 cm³/mol. The average Bonchev–Trinajstić information content (AvgIpc) is 3.44. The molecule has 5 heterocycles. The Kier molecular flexibility index (Phi) is 8.91. The van der Waals surface area contributed by atoms with Crippen LogP contribution in [0.25, 0.3) is 10.2 Å². The van der Waals surface area contributed by atoms with E-state index in [9.17, 15) is 37.1 Å². The van der Waals surface area contributed by atoms with E-state index in [1.165, 1.54) is 22.4 Å². The van der Waals surface area contributed by atoms with E-state index in [0.29, 0.717) is 47.7 Å². The topological polar surface area (TPSA) is 141 Å². The van der Waals surface area contributed by atoms with Gasteiger partial charge in [-0.2, -0.15) is 17.6 Å². The molecule has 2 saturated heterocycles. The number of imide groups is 1. The Labute approximate surface area is 276 Å². The number of benzene rings is 1. The van der Waals surface area contributed by atoms with Crippen LogP contribution in [0.5, 0.6) is 0 Å². The van der Waals surface area contributed by atoms with E-state index in [0.717, 1.165) is 40.9 Å². The van der Waals surface area contributed by atoms with Crippen molar-refractivity contribution in [1.82, 2.24) is 25.2 Å². The second-order valence-electron chi connectivity index (χ2n) is 12.3. The van der Waals surface area contributed by atoms with Gasteiger partial charge in [-0.1, -0.05) is 0 Å². The van der Waals surface area contributed by atoms with Crippen molar-refractivity contribution in [3.05, 3.63) is 76.1 Å². The molecule has 11 nitrogen and oxygen atoms in total. The zero-order valence-corrected chi connectivity index (χ0v) is 26.7. The molecule has 252 valence electrons. The van der Waals surface area contributed by atoms with Crippen LogP contribution in [0.15, 0.2) is 42.7 Å². The van der Waals surface area contributed by atoms with Crippen LogP contribution < -0.4 is 15.5 Å². The number of nitrogens with one attached hydrogen (secondary N) is 2. The predicted octanol–water partition coefficient (Wildman–Crippen LogP) is 5.55. The van der Waals surface area contributed by atoms with Gasteiger partial charge in [0.1, 0.15) is 5.69 Å². The van der Waals surface area contributed by atoms with Crippen LogP contribution in [0, 0.1) is 5.95 Å². The largest absolute Gasteiger partial charge is 0.433 e. The van der Waals surface area contributed by atoms with Gasteiger partial charge in [-0.05, 0) is 70.1 Å². The third kappa shape index (κ3) is 7.15. The van der Waals surface area contributed by atoms with Gasteiger partial charge in [0, 0.05) is 48.4 Å². The van der Waals surface area contributed by atoms with Gasteiger partial charge < -0.3 is 10.4 Å². The van der Waals surface area contributed by atoms with Gasteiger partial charge in [0.2, 0.25) is 11.9 Å². The highest BCUT2D eigenvalue weighted by molar-refractivity contribution is 7.18. The molecule has 3 aromatic heterocycles. The van der Waals surface area contributed by atoms with Crippen LogP contribution in [0.1, 0.15) is 71.2 Å². The SMILES string of the molecule is CC(C)(O)c1cc2nc(C3CCN(Cc4cc(N5CCC(=O)NC5=O)cnc4F)CC3)sc2cc1NC(=O)c1ccc(C(F)(F)F)nc1. The summed E-state index contributed by atoms with van der Waals surface area (Å²) >= 11 is 1.45. The number of fused-ring (bicyclic) bond motifs is 1. The van der Waals surface area contributed by atoms with E-state index in [1.807, 2.05) is 0 Å². The number of urea groups is 1. The molecule has 2 aliphatic rings. The van der Waals surface area contributed by atoms with Gasteiger partial charge in [0.05, 0.1) is 38.3 Å². The second-order valence-corrected chi connectivity index (χ2v) is 13.4. The summed E-state index contributed by atoms with van der Waals surface area (Å²) in [6.07, 6.45) is -0.863. The molecule has 0 saturated carbocycles. The molecule has 2 fully saturated rings. The summed E-state index contributed by atoms with van der Waals surface area (Å²) in [5, 5.41) is 16.7. The van der Waals surface area contributed by atoms with Gasteiger partial charge in [-0.3, -0.25) is 29.7 Å². The van der Waals surface area contributed by atoms with Crippen molar-refractivity contribution in [3.8, 4) is 0 Å². The van der Waals surface area contributed by atoms with Crippen molar-refractivity contribution in [2.75, 3.05) is 29.9 Å². The van der Waals surface area contributed by atoms with E-state index < -0.39 is 35.4 Å². The number of rotatable bonds is 7. The van der Waals surface area contributed by atoms with E-state index in [2.05, 4.69) is 25.5 Å². The van der Waals surface area contributed by atoms with E-state index in [4.69, 9.17) is 4.98 Å². The first-order valence-electron chi connectivity index (χ1n) is 15.2. The number of hydrogen-bond acceptors (Lipinski definition) is 9. The zero-order valence-electron chi connectivity index (χ0n) is 25.9. The third-order valence-corrected chi connectivity index (χ3v) is 9.54. The number of aromatic nitrogens is 3. The molecule has 0 bridgehead atoms. The Morgan fingerprint density at radius 1 is 1.08 bits per heavy atom. The number of nitrogens with zero attached hydrogens (tertiary/aromatic N) is 5. The number of likely N-dealkylation sites (tertiary alicyclic amines) is 1. The monoisotopic (exact) mass is 685 g/mol. The fourth-order valence-corrected chi connectivity index (χ4v) is 6.95. The highest BCUT2D eigenvalue weighted by Gasteiger charge is 2.33. The van der Waals surface area contributed by atoms with Crippen LogP contribution in [-0.2, 0) is 23.1 Å². The Balaban J connectivity index is 1.15. The summed E-state index contributed by atoms with van der Waals surface area (Å²) in [6.45, 7) is 4.90. The number of carbonyl (C=O) groups is 3. The smallest absolute Gasteiger partial charge is 0.386 e. The number of thiazole rings is 1. The summed E-state index contributed by atoms with van der Waals surface area (Å²) in [5.74, 6) is -1.54. The maximum absolute atomic E-state index is 14.7. The van der Waals surface area contributed by atoms with Crippen molar-refractivity contribution >= 4 is 50.8 Å². The molecular weight excluding hydrogens is 654 g/mol. The molecular formula is C32H31F4N7O4S. The van der Waals surface area contributed by atoms with Crippen molar-refractivity contribution in [2.24, 2.45) is 0 Å². The normalized spacial score (nSPS) is 16.8. The lowest BCUT2D eigenvalue weighted by atomic mass is 9.95. The average molecular weight is 686 g/mol. The highest BCUT2D eigenvalue weighted by Crippen LogP contribution is 2.39. The van der Waals surface area contributed by atoms with Gasteiger partial charge >= 0.3 is 12.2 Å². The Hall–Kier alpha value is -4.54. The first kappa shape index (κ1) is 33.4. The fraction of sp³-hybridized carbons (Fsp3) is 0.375. The number of halogens is 4. The minimum Gasteiger partial charge on any atom is -0.386 e. The van der Waals surface area contributed by atoms with Gasteiger partial charge in [0.25, 0.3) is 5.91 Å². The number of pyridine rings is 2. The molecule has 0 spiro atoms.